The number of carbonyl (C=O) groups is 1. The number of nitrogens with one attached hydrogen (secondary N) is 1. The maximum absolute atomic E-state index is 11.9. The van der Waals surface area contributed by atoms with Crippen LogP contribution >= 0.6 is 11.3 Å². The van der Waals surface area contributed by atoms with Crippen molar-refractivity contribution in [1.82, 2.24) is 5.32 Å². The van der Waals surface area contributed by atoms with Crippen LogP contribution in [-0.4, -0.2) is 31.6 Å². The smallest absolute Gasteiger partial charge is 0.193 e. The van der Waals surface area contributed by atoms with Crippen molar-refractivity contribution in [2.45, 2.75) is 13.0 Å². The fourth-order valence-corrected chi connectivity index (χ4v) is 2.25. The second kappa shape index (κ2) is 4.21. The number of Topliss-reactive ketones (excluding diaryl/α,β-unsaturated/α-hetero) is 1. The van der Waals surface area contributed by atoms with Gasteiger partial charge in [-0.25, -0.2) is 0 Å². The molecule has 1 aromatic rings. The fourth-order valence-electron chi connectivity index (χ4n) is 1.55. The Morgan fingerprint density at radius 1 is 1.71 bits per heavy atom. The predicted octanol–water partition coefficient (Wildman–Crippen LogP) is 1.23. The molecular formula is C10H13NO2S. The van der Waals surface area contributed by atoms with Crippen molar-refractivity contribution in [2.75, 3.05) is 19.7 Å². The maximum atomic E-state index is 11.9. The van der Waals surface area contributed by atoms with E-state index in [1.54, 1.807) is 11.3 Å². The van der Waals surface area contributed by atoms with E-state index < -0.39 is 0 Å². The molecule has 0 aliphatic carbocycles. The molecule has 14 heavy (non-hydrogen) atoms. The lowest BCUT2D eigenvalue weighted by molar-refractivity contribution is 0.0269. The highest BCUT2D eigenvalue weighted by Gasteiger charge is 2.24. The molecule has 2 heterocycles. The second-order valence-corrected chi connectivity index (χ2v) is 4.44. The monoisotopic (exact) mass is 211 g/mol. The van der Waals surface area contributed by atoms with Crippen LogP contribution in [0.25, 0.3) is 0 Å². The van der Waals surface area contributed by atoms with E-state index in [-0.39, 0.29) is 11.9 Å². The molecule has 1 saturated heterocycles. The topological polar surface area (TPSA) is 38.3 Å². The third kappa shape index (κ3) is 1.87. The van der Waals surface area contributed by atoms with E-state index in [0.29, 0.717) is 13.2 Å². The Labute approximate surface area is 87.1 Å². The van der Waals surface area contributed by atoms with Gasteiger partial charge in [0.15, 0.2) is 5.78 Å². The van der Waals surface area contributed by atoms with Crippen LogP contribution in [0.1, 0.15) is 15.2 Å². The first kappa shape index (κ1) is 9.83. The Balaban J connectivity index is 2.11. The minimum absolute atomic E-state index is 0.107. The van der Waals surface area contributed by atoms with Crippen molar-refractivity contribution in [3.63, 3.8) is 0 Å². The van der Waals surface area contributed by atoms with E-state index in [2.05, 4.69) is 5.32 Å². The van der Waals surface area contributed by atoms with Gasteiger partial charge in [-0.05, 0) is 18.4 Å². The quantitative estimate of drug-likeness (QED) is 0.748. The Bertz CT molecular complexity index is 329. The number of hydrogen-bond donors (Lipinski definition) is 1. The molecule has 1 unspecified atom stereocenters. The number of rotatable bonds is 2. The third-order valence-corrected chi connectivity index (χ3v) is 3.19. The number of hydrogen-bond acceptors (Lipinski definition) is 4. The zero-order valence-electron chi connectivity index (χ0n) is 8.08. The molecule has 1 atom stereocenters. The van der Waals surface area contributed by atoms with Crippen LogP contribution in [-0.2, 0) is 4.74 Å². The van der Waals surface area contributed by atoms with E-state index in [1.807, 2.05) is 18.4 Å². The highest BCUT2D eigenvalue weighted by molar-refractivity contribution is 7.10. The summed E-state index contributed by atoms with van der Waals surface area (Å²) < 4.78 is 5.41. The summed E-state index contributed by atoms with van der Waals surface area (Å²) in [6.07, 6.45) is -0.294. The standard InChI is InChI=1S/C10H13NO2S/c1-7-8(2-5-14-7)10(12)9-6-11-3-4-13-9/h2,5,9,11H,3-4,6H2,1H3. The first-order valence-electron chi connectivity index (χ1n) is 4.69. The SMILES string of the molecule is Cc1sccc1C(=O)C1CNCCO1. The number of morpholine rings is 1. The molecule has 0 radical (unpaired) electrons. The van der Waals surface area contributed by atoms with Gasteiger partial charge in [0.2, 0.25) is 0 Å². The second-order valence-electron chi connectivity index (χ2n) is 3.32. The Kier molecular flexibility index (Phi) is 2.96. The van der Waals surface area contributed by atoms with E-state index >= 15 is 0 Å². The molecule has 0 bridgehead atoms. The van der Waals surface area contributed by atoms with Gasteiger partial charge in [-0.15, -0.1) is 11.3 Å². The highest BCUT2D eigenvalue weighted by Crippen LogP contribution is 2.18. The van der Waals surface area contributed by atoms with Gasteiger partial charge < -0.3 is 10.1 Å². The summed E-state index contributed by atoms with van der Waals surface area (Å²) in [7, 11) is 0. The molecular weight excluding hydrogens is 198 g/mol. The van der Waals surface area contributed by atoms with E-state index in [0.717, 1.165) is 17.0 Å². The Morgan fingerprint density at radius 3 is 3.14 bits per heavy atom. The number of ketones is 1. The van der Waals surface area contributed by atoms with Crippen LogP contribution in [0.2, 0.25) is 0 Å². The summed E-state index contributed by atoms with van der Waals surface area (Å²) in [5.74, 6) is 0.107. The molecule has 1 aliphatic rings. The molecule has 1 N–H and O–H groups in total. The minimum atomic E-state index is -0.294. The average Bonchev–Trinajstić information content (AvgIpc) is 2.65. The van der Waals surface area contributed by atoms with Gasteiger partial charge in [-0.3, -0.25) is 4.79 Å². The van der Waals surface area contributed by atoms with Crippen molar-refractivity contribution >= 4 is 17.1 Å². The molecule has 0 spiro atoms. The van der Waals surface area contributed by atoms with Gasteiger partial charge in [0, 0.05) is 23.5 Å². The van der Waals surface area contributed by atoms with Gasteiger partial charge >= 0.3 is 0 Å². The third-order valence-electron chi connectivity index (χ3n) is 2.34. The summed E-state index contributed by atoms with van der Waals surface area (Å²) in [6.45, 7) is 4.06. The number of thiophene rings is 1. The van der Waals surface area contributed by atoms with Gasteiger partial charge in [-0.2, -0.15) is 0 Å². The van der Waals surface area contributed by atoms with Crippen molar-refractivity contribution in [1.29, 1.82) is 0 Å². The molecule has 4 heteroatoms. The van der Waals surface area contributed by atoms with Crippen molar-refractivity contribution < 1.29 is 9.53 Å². The lowest BCUT2D eigenvalue weighted by Gasteiger charge is -2.22. The molecule has 1 aromatic heterocycles. The molecule has 1 aliphatic heterocycles. The Hall–Kier alpha value is -0.710. The van der Waals surface area contributed by atoms with Crippen LogP contribution in [0, 0.1) is 6.92 Å². The number of aryl methyl sites for hydroxylation is 1. The van der Waals surface area contributed by atoms with Gasteiger partial charge in [0.05, 0.1) is 6.61 Å². The highest BCUT2D eigenvalue weighted by atomic mass is 32.1. The number of ether oxygens (including phenoxy) is 1. The summed E-state index contributed by atoms with van der Waals surface area (Å²) in [5, 5.41) is 5.10. The predicted molar refractivity (Wildman–Crippen MR) is 56.0 cm³/mol. The lowest BCUT2D eigenvalue weighted by Crippen LogP contribution is -2.43. The van der Waals surface area contributed by atoms with Crippen LogP contribution in [0.3, 0.4) is 0 Å². The summed E-state index contributed by atoms with van der Waals surface area (Å²) in [4.78, 5) is 13.0. The number of carbonyl (C=O) groups excluding carboxylic acids is 1. The summed E-state index contributed by atoms with van der Waals surface area (Å²) in [6, 6.07) is 1.88. The molecule has 0 amide bonds. The summed E-state index contributed by atoms with van der Waals surface area (Å²) >= 11 is 1.60. The largest absolute Gasteiger partial charge is 0.367 e. The molecule has 1 fully saturated rings. The Morgan fingerprint density at radius 2 is 2.57 bits per heavy atom. The minimum Gasteiger partial charge on any atom is -0.367 e. The van der Waals surface area contributed by atoms with Gasteiger partial charge in [0.25, 0.3) is 0 Å². The zero-order chi connectivity index (χ0) is 9.97. The van der Waals surface area contributed by atoms with E-state index in [9.17, 15) is 4.79 Å². The van der Waals surface area contributed by atoms with Gasteiger partial charge in [-0.1, -0.05) is 0 Å². The fraction of sp³-hybridized carbons (Fsp3) is 0.500. The summed E-state index contributed by atoms with van der Waals surface area (Å²) in [5.41, 5.74) is 0.809. The van der Waals surface area contributed by atoms with Gasteiger partial charge in [0.1, 0.15) is 6.10 Å². The normalized spacial score (nSPS) is 22.2. The van der Waals surface area contributed by atoms with E-state index in [4.69, 9.17) is 4.74 Å². The first-order chi connectivity index (χ1) is 6.79. The maximum Gasteiger partial charge on any atom is 0.193 e. The van der Waals surface area contributed by atoms with Crippen molar-refractivity contribution in [3.8, 4) is 0 Å². The molecule has 76 valence electrons. The van der Waals surface area contributed by atoms with Crippen LogP contribution < -0.4 is 5.32 Å². The average molecular weight is 211 g/mol. The lowest BCUT2D eigenvalue weighted by atomic mass is 10.1. The zero-order valence-corrected chi connectivity index (χ0v) is 8.89. The molecule has 2 rings (SSSR count). The van der Waals surface area contributed by atoms with Crippen molar-refractivity contribution in [3.05, 3.63) is 21.9 Å². The van der Waals surface area contributed by atoms with Crippen LogP contribution in [0.15, 0.2) is 11.4 Å². The molecule has 3 nitrogen and oxygen atoms in total. The van der Waals surface area contributed by atoms with Crippen LogP contribution in [0.4, 0.5) is 0 Å². The first-order valence-corrected chi connectivity index (χ1v) is 5.57. The van der Waals surface area contributed by atoms with E-state index in [1.165, 1.54) is 0 Å². The molecule has 0 saturated carbocycles. The molecule has 0 aromatic carbocycles. The van der Waals surface area contributed by atoms with Crippen molar-refractivity contribution in [2.24, 2.45) is 0 Å². The van der Waals surface area contributed by atoms with Crippen LogP contribution in [0.5, 0.6) is 0 Å².